The summed E-state index contributed by atoms with van der Waals surface area (Å²) in [6.45, 7) is 4.55. The van der Waals surface area contributed by atoms with Gasteiger partial charge in [0.1, 0.15) is 11.3 Å². The molecule has 7 nitrogen and oxygen atoms in total. The second-order valence-electron chi connectivity index (χ2n) is 6.69. The molecule has 27 heavy (non-hydrogen) atoms. The van der Waals surface area contributed by atoms with Crippen molar-refractivity contribution >= 4 is 11.0 Å². The zero-order valence-corrected chi connectivity index (χ0v) is 15.0. The summed E-state index contributed by atoms with van der Waals surface area (Å²) in [6.07, 6.45) is 0. The smallest absolute Gasteiger partial charge is 0.336 e. The molecule has 4 aromatic rings. The van der Waals surface area contributed by atoms with Gasteiger partial charge in [-0.1, -0.05) is 38.1 Å². The standard InChI is InChI=1S/C20H18N4O3/c1-12(2)13-3-5-14(6-4-13)20-21-23-24(22-20)11-15-9-19(26)27-18-10-16(25)7-8-17(15)18/h3-10,12,25H,11H2,1-2H3. The highest BCUT2D eigenvalue weighted by Crippen LogP contribution is 2.23. The Bertz CT molecular complexity index is 1160. The number of tetrazole rings is 1. The first kappa shape index (κ1) is 17.0. The molecular weight excluding hydrogens is 344 g/mol. The van der Waals surface area contributed by atoms with E-state index >= 15 is 0 Å². The molecule has 0 aliphatic rings. The molecule has 0 aliphatic heterocycles. The predicted octanol–water partition coefficient (Wildman–Crippen LogP) is 3.32. The molecule has 2 heterocycles. The number of phenolic OH excluding ortho intramolecular Hbond substituents is 1. The predicted molar refractivity (Wildman–Crippen MR) is 101 cm³/mol. The van der Waals surface area contributed by atoms with Gasteiger partial charge in [-0.3, -0.25) is 0 Å². The SMILES string of the molecule is CC(C)c1ccc(-c2nnn(Cc3cc(=O)oc4cc(O)ccc34)n2)cc1. The number of fused-ring (bicyclic) bond motifs is 1. The van der Waals surface area contributed by atoms with Gasteiger partial charge in [0, 0.05) is 23.1 Å². The van der Waals surface area contributed by atoms with E-state index in [1.807, 2.05) is 12.1 Å². The van der Waals surface area contributed by atoms with Crippen molar-refractivity contribution in [3.8, 4) is 17.1 Å². The van der Waals surface area contributed by atoms with Crippen molar-refractivity contribution in [1.82, 2.24) is 20.2 Å². The van der Waals surface area contributed by atoms with Gasteiger partial charge in [-0.05, 0) is 34.4 Å². The fraction of sp³-hybridized carbons (Fsp3) is 0.200. The van der Waals surface area contributed by atoms with Crippen molar-refractivity contribution in [2.75, 3.05) is 0 Å². The molecule has 0 atom stereocenters. The maximum Gasteiger partial charge on any atom is 0.336 e. The van der Waals surface area contributed by atoms with Crippen LogP contribution in [0, 0.1) is 0 Å². The van der Waals surface area contributed by atoms with Crippen LogP contribution in [0.2, 0.25) is 0 Å². The van der Waals surface area contributed by atoms with Gasteiger partial charge >= 0.3 is 5.63 Å². The highest BCUT2D eigenvalue weighted by molar-refractivity contribution is 5.81. The Hall–Kier alpha value is -3.48. The van der Waals surface area contributed by atoms with E-state index < -0.39 is 5.63 Å². The second-order valence-corrected chi connectivity index (χ2v) is 6.69. The van der Waals surface area contributed by atoms with Gasteiger partial charge in [0.2, 0.25) is 5.82 Å². The van der Waals surface area contributed by atoms with Crippen LogP contribution >= 0.6 is 0 Å². The van der Waals surface area contributed by atoms with E-state index in [4.69, 9.17) is 4.42 Å². The minimum atomic E-state index is -0.493. The number of aromatic hydroxyl groups is 1. The average molecular weight is 362 g/mol. The number of nitrogens with zero attached hydrogens (tertiary/aromatic N) is 4. The fourth-order valence-electron chi connectivity index (χ4n) is 2.94. The van der Waals surface area contributed by atoms with Crippen LogP contribution in [0.3, 0.4) is 0 Å². The van der Waals surface area contributed by atoms with Crippen LogP contribution in [-0.2, 0) is 6.54 Å². The molecule has 0 saturated carbocycles. The van der Waals surface area contributed by atoms with E-state index in [9.17, 15) is 9.90 Å². The molecule has 2 aromatic carbocycles. The molecule has 0 radical (unpaired) electrons. The molecule has 4 rings (SSSR count). The molecule has 0 unspecified atom stereocenters. The van der Waals surface area contributed by atoms with E-state index in [1.165, 1.54) is 22.5 Å². The second kappa shape index (κ2) is 6.68. The molecule has 0 saturated heterocycles. The molecule has 0 fully saturated rings. The van der Waals surface area contributed by atoms with Gasteiger partial charge in [0.25, 0.3) is 0 Å². The lowest BCUT2D eigenvalue weighted by Crippen LogP contribution is -2.08. The summed E-state index contributed by atoms with van der Waals surface area (Å²) in [5, 5.41) is 22.9. The Balaban J connectivity index is 1.65. The topological polar surface area (TPSA) is 94.0 Å². The molecular formula is C20H18N4O3. The summed E-state index contributed by atoms with van der Waals surface area (Å²) in [4.78, 5) is 13.2. The van der Waals surface area contributed by atoms with Crippen molar-refractivity contribution in [2.24, 2.45) is 0 Å². The third-order valence-corrected chi connectivity index (χ3v) is 4.41. The van der Waals surface area contributed by atoms with Crippen LogP contribution in [-0.4, -0.2) is 25.3 Å². The molecule has 0 aliphatic carbocycles. The third-order valence-electron chi connectivity index (χ3n) is 4.41. The number of benzene rings is 2. The Morgan fingerprint density at radius 2 is 1.89 bits per heavy atom. The van der Waals surface area contributed by atoms with Crippen LogP contribution in [0.15, 0.2) is 57.7 Å². The van der Waals surface area contributed by atoms with Crippen LogP contribution < -0.4 is 5.63 Å². The van der Waals surface area contributed by atoms with Gasteiger partial charge < -0.3 is 9.52 Å². The number of hydrogen-bond acceptors (Lipinski definition) is 6. The van der Waals surface area contributed by atoms with Crippen molar-refractivity contribution in [2.45, 2.75) is 26.3 Å². The Labute approximate surface area is 154 Å². The Kier molecular flexibility index (Phi) is 4.19. The molecule has 0 spiro atoms. The maximum absolute atomic E-state index is 11.8. The van der Waals surface area contributed by atoms with Crippen LogP contribution in [0.1, 0.15) is 30.9 Å². The first-order valence-corrected chi connectivity index (χ1v) is 8.63. The summed E-state index contributed by atoms with van der Waals surface area (Å²) >= 11 is 0. The maximum atomic E-state index is 11.8. The van der Waals surface area contributed by atoms with Crippen molar-refractivity contribution in [3.63, 3.8) is 0 Å². The Morgan fingerprint density at radius 3 is 2.63 bits per heavy atom. The number of hydrogen-bond donors (Lipinski definition) is 1. The summed E-state index contributed by atoms with van der Waals surface area (Å²) in [7, 11) is 0. The summed E-state index contributed by atoms with van der Waals surface area (Å²) in [6, 6.07) is 14.1. The van der Waals surface area contributed by atoms with Crippen molar-refractivity contribution in [1.29, 1.82) is 0 Å². The summed E-state index contributed by atoms with van der Waals surface area (Å²) in [5.74, 6) is 1.02. The largest absolute Gasteiger partial charge is 0.508 e. The normalized spacial score (nSPS) is 11.4. The van der Waals surface area contributed by atoms with Crippen LogP contribution in [0.25, 0.3) is 22.4 Å². The van der Waals surface area contributed by atoms with E-state index in [1.54, 1.807) is 12.1 Å². The summed E-state index contributed by atoms with van der Waals surface area (Å²) < 4.78 is 5.14. The molecule has 0 amide bonds. The lowest BCUT2D eigenvalue weighted by atomic mass is 10.0. The minimum absolute atomic E-state index is 0.0359. The first-order valence-electron chi connectivity index (χ1n) is 8.63. The Morgan fingerprint density at radius 1 is 1.11 bits per heavy atom. The average Bonchev–Trinajstić information content (AvgIpc) is 3.09. The van der Waals surface area contributed by atoms with Crippen LogP contribution in [0.5, 0.6) is 5.75 Å². The zero-order chi connectivity index (χ0) is 19.0. The van der Waals surface area contributed by atoms with E-state index in [2.05, 4.69) is 41.4 Å². The van der Waals surface area contributed by atoms with Gasteiger partial charge in [-0.25, -0.2) is 4.79 Å². The zero-order valence-electron chi connectivity index (χ0n) is 15.0. The van der Waals surface area contributed by atoms with Crippen molar-refractivity contribution in [3.05, 3.63) is 70.1 Å². The lowest BCUT2D eigenvalue weighted by molar-refractivity contribution is 0.473. The van der Waals surface area contributed by atoms with Gasteiger partial charge in [-0.2, -0.15) is 4.80 Å². The quantitative estimate of drug-likeness (QED) is 0.560. The van der Waals surface area contributed by atoms with E-state index in [0.717, 1.165) is 5.56 Å². The number of phenols is 1. The molecule has 7 heteroatoms. The van der Waals surface area contributed by atoms with E-state index in [-0.39, 0.29) is 12.3 Å². The van der Waals surface area contributed by atoms with Gasteiger partial charge in [0.05, 0.1) is 6.54 Å². The van der Waals surface area contributed by atoms with Crippen LogP contribution in [0.4, 0.5) is 0 Å². The van der Waals surface area contributed by atoms with E-state index in [0.29, 0.717) is 28.3 Å². The lowest BCUT2D eigenvalue weighted by Gasteiger charge is -2.05. The molecule has 2 aromatic heterocycles. The number of rotatable bonds is 4. The minimum Gasteiger partial charge on any atom is -0.508 e. The molecule has 136 valence electrons. The first-order chi connectivity index (χ1) is 13.0. The van der Waals surface area contributed by atoms with Gasteiger partial charge in [-0.15, -0.1) is 10.2 Å². The fourth-order valence-corrected chi connectivity index (χ4v) is 2.94. The van der Waals surface area contributed by atoms with Crippen molar-refractivity contribution < 1.29 is 9.52 Å². The number of aromatic nitrogens is 4. The third kappa shape index (κ3) is 3.44. The monoisotopic (exact) mass is 362 g/mol. The molecule has 1 N–H and O–H groups in total. The highest BCUT2D eigenvalue weighted by Gasteiger charge is 2.11. The summed E-state index contributed by atoms with van der Waals surface area (Å²) in [5.41, 5.74) is 2.65. The highest BCUT2D eigenvalue weighted by atomic mass is 16.4. The molecule has 0 bridgehead atoms. The van der Waals surface area contributed by atoms with Gasteiger partial charge in [0.15, 0.2) is 0 Å².